The number of carbonyl (C=O) groups is 1. The minimum atomic E-state index is -0.387. The van der Waals surface area contributed by atoms with Crippen LogP contribution >= 0.6 is 11.6 Å². The summed E-state index contributed by atoms with van der Waals surface area (Å²) in [6, 6.07) is 10.7. The molecule has 0 spiro atoms. The molecule has 2 aromatic rings. The second-order valence-electron chi connectivity index (χ2n) is 3.65. The zero-order valence-corrected chi connectivity index (χ0v) is 10.1. The van der Waals surface area contributed by atoms with Gasteiger partial charge in [-0.05, 0) is 25.1 Å². The molecule has 0 radical (unpaired) electrons. The molecule has 88 valence electrons. The number of ether oxygens (including phenoxy) is 1. The lowest BCUT2D eigenvalue weighted by Crippen LogP contribution is -2.09. The summed E-state index contributed by atoms with van der Waals surface area (Å²) in [4.78, 5) is 14.5. The summed E-state index contributed by atoms with van der Waals surface area (Å²) >= 11 is 6.03. The smallest absolute Gasteiger partial charge is 0.355 e. The fourth-order valence-corrected chi connectivity index (χ4v) is 1.84. The number of carbonyl (C=O) groups excluding carboxylic acids is 1. The first-order chi connectivity index (χ1) is 8.18. The van der Waals surface area contributed by atoms with E-state index in [4.69, 9.17) is 16.3 Å². The van der Waals surface area contributed by atoms with E-state index in [9.17, 15) is 4.79 Å². The third-order valence-electron chi connectivity index (χ3n) is 2.44. The molecule has 0 aliphatic heterocycles. The number of benzene rings is 1. The molecular weight excluding hydrogens is 238 g/mol. The Kier molecular flexibility index (Phi) is 3.49. The molecule has 0 unspecified atom stereocenters. The van der Waals surface area contributed by atoms with Crippen LogP contribution in [0.15, 0.2) is 42.6 Å². The van der Waals surface area contributed by atoms with Gasteiger partial charge in [-0.25, -0.2) is 4.79 Å². The number of halogens is 1. The highest BCUT2D eigenvalue weighted by atomic mass is 35.5. The van der Waals surface area contributed by atoms with E-state index in [-0.39, 0.29) is 12.1 Å². The molecule has 0 saturated carbocycles. The highest BCUT2D eigenvalue weighted by Gasteiger charge is 2.15. The fourth-order valence-electron chi connectivity index (χ4n) is 1.55. The number of aromatic amines is 1. The van der Waals surface area contributed by atoms with Crippen molar-refractivity contribution >= 4 is 17.6 Å². The minimum Gasteiger partial charge on any atom is -0.453 e. The van der Waals surface area contributed by atoms with E-state index >= 15 is 0 Å². The molecule has 1 aromatic carbocycles. The molecule has 2 rings (SSSR count). The summed E-state index contributed by atoms with van der Waals surface area (Å²) in [7, 11) is 0. The van der Waals surface area contributed by atoms with Crippen LogP contribution < -0.4 is 0 Å². The van der Waals surface area contributed by atoms with Gasteiger partial charge in [-0.2, -0.15) is 0 Å². The van der Waals surface area contributed by atoms with E-state index in [2.05, 4.69) is 4.98 Å². The van der Waals surface area contributed by atoms with Crippen LogP contribution in [0.5, 0.6) is 0 Å². The summed E-state index contributed by atoms with van der Waals surface area (Å²) < 4.78 is 5.31. The number of rotatable bonds is 3. The topological polar surface area (TPSA) is 42.1 Å². The molecular formula is C13H12ClNO2. The monoisotopic (exact) mass is 249 g/mol. The van der Waals surface area contributed by atoms with Gasteiger partial charge >= 0.3 is 5.97 Å². The molecule has 1 heterocycles. The molecule has 3 nitrogen and oxygen atoms in total. The van der Waals surface area contributed by atoms with Gasteiger partial charge in [0.15, 0.2) is 0 Å². The standard InChI is InChI=1S/C13H12ClNO2/c1-9(10-5-2-3-6-11(10)14)17-13(16)12-7-4-8-15-12/h2-9,15H,1H3/t9-/m1/s1. The summed E-state index contributed by atoms with van der Waals surface area (Å²) in [6.45, 7) is 1.79. The molecule has 4 heteroatoms. The van der Waals surface area contributed by atoms with Crippen molar-refractivity contribution < 1.29 is 9.53 Å². The lowest BCUT2D eigenvalue weighted by Gasteiger charge is -2.14. The Labute approximate surface area is 104 Å². The van der Waals surface area contributed by atoms with Crippen molar-refractivity contribution in [1.29, 1.82) is 0 Å². The van der Waals surface area contributed by atoms with Crippen molar-refractivity contribution in [1.82, 2.24) is 4.98 Å². The Bertz CT molecular complexity index is 508. The van der Waals surface area contributed by atoms with Crippen LogP contribution in [0, 0.1) is 0 Å². The minimum absolute atomic E-state index is 0.375. The maximum Gasteiger partial charge on any atom is 0.355 e. The maximum atomic E-state index is 11.7. The molecule has 1 N–H and O–H groups in total. The van der Waals surface area contributed by atoms with Crippen molar-refractivity contribution in [2.45, 2.75) is 13.0 Å². The molecule has 0 aliphatic carbocycles. The molecule has 0 fully saturated rings. The third-order valence-corrected chi connectivity index (χ3v) is 2.79. The molecule has 1 aromatic heterocycles. The van der Waals surface area contributed by atoms with E-state index in [0.717, 1.165) is 5.56 Å². The van der Waals surface area contributed by atoms with E-state index in [1.807, 2.05) is 18.2 Å². The number of hydrogen-bond donors (Lipinski definition) is 1. The molecule has 1 atom stereocenters. The van der Waals surface area contributed by atoms with Gasteiger partial charge in [-0.3, -0.25) is 0 Å². The van der Waals surface area contributed by atoms with Gasteiger partial charge in [0.05, 0.1) is 0 Å². The second kappa shape index (κ2) is 5.06. The normalized spacial score (nSPS) is 12.1. The average Bonchev–Trinajstić information content (AvgIpc) is 2.82. The van der Waals surface area contributed by atoms with Crippen molar-refractivity contribution in [2.75, 3.05) is 0 Å². The zero-order chi connectivity index (χ0) is 12.3. The Morgan fingerprint density at radius 2 is 2.06 bits per heavy atom. The van der Waals surface area contributed by atoms with Gasteiger partial charge in [0.2, 0.25) is 0 Å². The van der Waals surface area contributed by atoms with Crippen LogP contribution in [0.2, 0.25) is 5.02 Å². The van der Waals surface area contributed by atoms with E-state index in [1.54, 1.807) is 31.3 Å². The predicted molar refractivity (Wildman–Crippen MR) is 66.1 cm³/mol. The van der Waals surface area contributed by atoms with Gasteiger partial charge < -0.3 is 9.72 Å². The van der Waals surface area contributed by atoms with Crippen LogP contribution in [-0.4, -0.2) is 11.0 Å². The van der Waals surface area contributed by atoms with Crippen LogP contribution in [0.25, 0.3) is 0 Å². The number of nitrogens with one attached hydrogen (secondary N) is 1. The van der Waals surface area contributed by atoms with Crippen LogP contribution in [0.1, 0.15) is 29.1 Å². The summed E-state index contributed by atoms with van der Waals surface area (Å²) in [5.74, 6) is -0.387. The van der Waals surface area contributed by atoms with Crippen LogP contribution in [0.4, 0.5) is 0 Å². The quantitative estimate of drug-likeness (QED) is 0.845. The molecule has 0 bridgehead atoms. The van der Waals surface area contributed by atoms with Crippen molar-refractivity contribution in [3.8, 4) is 0 Å². The summed E-state index contributed by atoms with van der Waals surface area (Å²) in [5, 5.41) is 0.597. The van der Waals surface area contributed by atoms with Crippen molar-refractivity contribution in [3.05, 3.63) is 58.9 Å². The lowest BCUT2D eigenvalue weighted by molar-refractivity contribution is 0.0332. The third kappa shape index (κ3) is 2.68. The van der Waals surface area contributed by atoms with E-state index in [1.165, 1.54) is 0 Å². The first kappa shape index (κ1) is 11.7. The fraction of sp³-hybridized carbons (Fsp3) is 0.154. The van der Waals surface area contributed by atoms with Gasteiger partial charge in [-0.1, -0.05) is 29.8 Å². The lowest BCUT2D eigenvalue weighted by atomic mass is 10.1. The van der Waals surface area contributed by atoms with Gasteiger partial charge in [0.1, 0.15) is 11.8 Å². The number of esters is 1. The van der Waals surface area contributed by atoms with E-state index < -0.39 is 0 Å². The van der Waals surface area contributed by atoms with E-state index in [0.29, 0.717) is 10.7 Å². The first-order valence-electron chi connectivity index (χ1n) is 5.27. The number of aromatic nitrogens is 1. The van der Waals surface area contributed by atoms with Crippen molar-refractivity contribution in [3.63, 3.8) is 0 Å². The molecule has 17 heavy (non-hydrogen) atoms. The Morgan fingerprint density at radius 1 is 1.29 bits per heavy atom. The van der Waals surface area contributed by atoms with Crippen molar-refractivity contribution in [2.24, 2.45) is 0 Å². The Hall–Kier alpha value is -1.74. The maximum absolute atomic E-state index is 11.7. The Balaban J connectivity index is 2.10. The average molecular weight is 250 g/mol. The molecule has 0 aliphatic rings. The van der Waals surface area contributed by atoms with Crippen LogP contribution in [0.3, 0.4) is 0 Å². The van der Waals surface area contributed by atoms with Gasteiger partial charge in [0.25, 0.3) is 0 Å². The van der Waals surface area contributed by atoms with Gasteiger partial charge in [0, 0.05) is 16.8 Å². The Morgan fingerprint density at radius 3 is 2.71 bits per heavy atom. The predicted octanol–water partition coefficient (Wildman–Crippen LogP) is 3.59. The number of H-pyrrole nitrogens is 1. The largest absolute Gasteiger partial charge is 0.453 e. The summed E-state index contributed by atoms with van der Waals surface area (Å²) in [5.41, 5.74) is 1.23. The number of hydrogen-bond acceptors (Lipinski definition) is 2. The molecule has 0 saturated heterocycles. The SMILES string of the molecule is C[C@@H](OC(=O)c1ccc[nH]1)c1ccccc1Cl. The first-order valence-corrected chi connectivity index (χ1v) is 5.65. The summed E-state index contributed by atoms with van der Waals surface area (Å²) in [6.07, 6.45) is 1.30. The van der Waals surface area contributed by atoms with Crippen LogP contribution in [-0.2, 0) is 4.74 Å². The second-order valence-corrected chi connectivity index (χ2v) is 4.06. The molecule has 0 amide bonds. The zero-order valence-electron chi connectivity index (χ0n) is 9.31. The highest BCUT2D eigenvalue weighted by Crippen LogP contribution is 2.25. The highest BCUT2D eigenvalue weighted by molar-refractivity contribution is 6.31. The van der Waals surface area contributed by atoms with Gasteiger partial charge in [-0.15, -0.1) is 0 Å².